The van der Waals surface area contributed by atoms with Gasteiger partial charge < -0.3 is 19.7 Å². The summed E-state index contributed by atoms with van der Waals surface area (Å²) in [7, 11) is 1.80. The van der Waals surface area contributed by atoms with Gasteiger partial charge in [-0.05, 0) is 29.8 Å². The van der Waals surface area contributed by atoms with Crippen molar-refractivity contribution in [2.75, 3.05) is 13.2 Å². The van der Waals surface area contributed by atoms with Gasteiger partial charge in [0.15, 0.2) is 12.4 Å². The van der Waals surface area contributed by atoms with E-state index in [1.165, 1.54) is 0 Å². The lowest BCUT2D eigenvalue weighted by Gasteiger charge is -2.14. The van der Waals surface area contributed by atoms with Gasteiger partial charge in [0.05, 0.1) is 17.1 Å². The van der Waals surface area contributed by atoms with E-state index in [1.807, 2.05) is 24.3 Å². The molecule has 1 heterocycles. The van der Waals surface area contributed by atoms with Gasteiger partial charge in [0.25, 0.3) is 0 Å². The molecule has 2 N–H and O–H groups in total. The molecule has 7 heteroatoms. The first-order valence-electron chi connectivity index (χ1n) is 9.50. The van der Waals surface area contributed by atoms with Gasteiger partial charge in [-0.1, -0.05) is 38.1 Å². The Morgan fingerprint density at radius 3 is 2.66 bits per heavy atom. The molecule has 3 rings (SSSR count). The summed E-state index contributed by atoms with van der Waals surface area (Å²) >= 11 is 0. The van der Waals surface area contributed by atoms with E-state index in [2.05, 4.69) is 10.3 Å². The smallest absolute Gasteiger partial charge is 0.235 e. The Labute approximate surface area is 169 Å². The molecule has 2 aromatic carbocycles. The minimum absolute atomic E-state index is 0.110. The fraction of sp³-hybridized carbons (Fsp3) is 0.318. The van der Waals surface area contributed by atoms with E-state index in [-0.39, 0.29) is 30.8 Å². The van der Waals surface area contributed by atoms with Crippen LogP contribution < -0.4 is 10.1 Å². The van der Waals surface area contributed by atoms with Crippen molar-refractivity contribution in [1.29, 1.82) is 0 Å². The van der Waals surface area contributed by atoms with Crippen LogP contribution in [0.5, 0.6) is 5.75 Å². The number of imidazole rings is 1. The van der Waals surface area contributed by atoms with Crippen LogP contribution in [0.2, 0.25) is 0 Å². The highest BCUT2D eigenvalue weighted by molar-refractivity contribution is 5.97. The molecular formula is C22H25N3O4. The minimum Gasteiger partial charge on any atom is -0.485 e. The van der Waals surface area contributed by atoms with Crippen LogP contribution in [0, 0.1) is 5.92 Å². The first kappa shape index (κ1) is 20.5. The van der Waals surface area contributed by atoms with Crippen LogP contribution in [-0.2, 0) is 11.8 Å². The minimum atomic E-state index is -0.864. The molecule has 0 saturated heterocycles. The zero-order chi connectivity index (χ0) is 21.0. The molecule has 0 aliphatic rings. The maximum absolute atomic E-state index is 12.6. The Morgan fingerprint density at radius 1 is 1.17 bits per heavy atom. The van der Waals surface area contributed by atoms with Crippen LogP contribution in [0.15, 0.2) is 48.5 Å². The van der Waals surface area contributed by atoms with E-state index in [4.69, 9.17) is 4.74 Å². The summed E-state index contributed by atoms with van der Waals surface area (Å²) in [5.41, 5.74) is 2.23. The molecule has 0 aliphatic heterocycles. The predicted molar refractivity (Wildman–Crippen MR) is 110 cm³/mol. The number of nitrogens with zero attached hydrogens (tertiary/aromatic N) is 2. The third kappa shape index (κ3) is 4.81. The monoisotopic (exact) mass is 395 g/mol. The Kier molecular flexibility index (Phi) is 6.29. The number of Topliss-reactive ketones (excluding diaryl/α,β-unsaturated/α-hetero) is 1. The van der Waals surface area contributed by atoms with E-state index < -0.39 is 6.10 Å². The number of carbonyl (C=O) groups is 2. The first-order valence-corrected chi connectivity index (χ1v) is 9.50. The van der Waals surface area contributed by atoms with Crippen LogP contribution in [0.25, 0.3) is 11.0 Å². The van der Waals surface area contributed by atoms with Gasteiger partial charge in [-0.15, -0.1) is 0 Å². The fourth-order valence-electron chi connectivity index (χ4n) is 2.94. The molecular weight excluding hydrogens is 370 g/mol. The van der Waals surface area contributed by atoms with Gasteiger partial charge in [-0.3, -0.25) is 9.59 Å². The zero-order valence-corrected chi connectivity index (χ0v) is 16.8. The quantitative estimate of drug-likeness (QED) is 0.572. The fourth-order valence-corrected chi connectivity index (χ4v) is 2.94. The molecule has 1 aromatic heterocycles. The van der Waals surface area contributed by atoms with Crippen LogP contribution in [0.3, 0.4) is 0 Å². The maximum Gasteiger partial charge on any atom is 0.235 e. The van der Waals surface area contributed by atoms with Crippen molar-refractivity contribution >= 4 is 22.7 Å². The standard InChI is InChI=1S/C22H25N3O4/c1-14(2)22(28)23-12-19(26)15-7-6-8-16(11-15)29-13-20(27)21-24-17-9-4-5-10-18(17)25(21)3/h4-11,14,19,26H,12-13H2,1-3H3,(H,23,28)/t19-/m0/s1. The normalized spacial score (nSPS) is 12.2. The largest absolute Gasteiger partial charge is 0.485 e. The van der Waals surface area contributed by atoms with E-state index in [0.29, 0.717) is 17.1 Å². The van der Waals surface area contributed by atoms with E-state index in [9.17, 15) is 14.7 Å². The van der Waals surface area contributed by atoms with Crippen LogP contribution in [0.4, 0.5) is 0 Å². The highest BCUT2D eigenvalue weighted by Crippen LogP contribution is 2.20. The number of amides is 1. The number of hydrogen-bond acceptors (Lipinski definition) is 5. The number of aliphatic hydroxyl groups is 1. The summed E-state index contributed by atoms with van der Waals surface area (Å²) in [6.07, 6.45) is -0.864. The van der Waals surface area contributed by atoms with Gasteiger partial charge >= 0.3 is 0 Å². The molecule has 0 radical (unpaired) electrons. The molecule has 29 heavy (non-hydrogen) atoms. The molecule has 0 aliphatic carbocycles. The number of hydrogen-bond donors (Lipinski definition) is 2. The van der Waals surface area contributed by atoms with Gasteiger partial charge in [-0.2, -0.15) is 0 Å². The van der Waals surface area contributed by atoms with Crippen LogP contribution >= 0.6 is 0 Å². The van der Waals surface area contributed by atoms with Crippen LogP contribution in [-0.4, -0.2) is 39.5 Å². The van der Waals surface area contributed by atoms with Crippen molar-refractivity contribution in [3.63, 3.8) is 0 Å². The van der Waals surface area contributed by atoms with Crippen molar-refractivity contribution in [2.24, 2.45) is 13.0 Å². The molecule has 0 bridgehead atoms. The summed E-state index contributed by atoms with van der Waals surface area (Å²) in [5.74, 6) is 0.289. The van der Waals surface area contributed by atoms with E-state index in [1.54, 1.807) is 49.7 Å². The van der Waals surface area contributed by atoms with E-state index >= 15 is 0 Å². The predicted octanol–water partition coefficient (Wildman–Crippen LogP) is 2.64. The number of ether oxygens (including phenoxy) is 1. The Bertz CT molecular complexity index is 1030. The van der Waals surface area contributed by atoms with Crippen molar-refractivity contribution in [2.45, 2.75) is 20.0 Å². The Balaban J connectivity index is 1.63. The number of benzene rings is 2. The second-order valence-corrected chi connectivity index (χ2v) is 7.18. The molecule has 1 atom stereocenters. The third-order valence-corrected chi connectivity index (χ3v) is 4.64. The van der Waals surface area contributed by atoms with E-state index in [0.717, 1.165) is 11.0 Å². The SMILES string of the molecule is CC(C)C(=O)NC[C@H](O)c1cccc(OCC(=O)c2nc3ccccc3n2C)c1. The second-order valence-electron chi connectivity index (χ2n) is 7.18. The lowest BCUT2D eigenvalue weighted by atomic mass is 10.1. The second kappa shape index (κ2) is 8.87. The van der Waals surface area contributed by atoms with Gasteiger partial charge in [0, 0.05) is 19.5 Å². The summed E-state index contributed by atoms with van der Waals surface area (Å²) in [4.78, 5) is 28.6. The number of aliphatic hydroxyl groups excluding tert-OH is 1. The average Bonchev–Trinajstić information content (AvgIpc) is 3.07. The van der Waals surface area contributed by atoms with Gasteiger partial charge in [0.2, 0.25) is 11.7 Å². The number of rotatable bonds is 8. The molecule has 152 valence electrons. The maximum atomic E-state index is 12.6. The molecule has 0 spiro atoms. The number of ketones is 1. The number of nitrogens with one attached hydrogen (secondary N) is 1. The molecule has 3 aromatic rings. The summed E-state index contributed by atoms with van der Waals surface area (Å²) in [6, 6.07) is 14.4. The number of para-hydroxylation sites is 2. The first-order chi connectivity index (χ1) is 13.9. The Morgan fingerprint density at radius 2 is 1.93 bits per heavy atom. The van der Waals surface area contributed by atoms with Crippen molar-refractivity contribution < 1.29 is 19.4 Å². The summed E-state index contributed by atoms with van der Waals surface area (Å²) < 4.78 is 7.38. The van der Waals surface area contributed by atoms with Crippen molar-refractivity contribution in [3.05, 3.63) is 59.9 Å². The average molecular weight is 395 g/mol. The van der Waals surface area contributed by atoms with Gasteiger partial charge in [-0.25, -0.2) is 4.98 Å². The summed E-state index contributed by atoms with van der Waals surface area (Å²) in [6.45, 7) is 3.52. The van der Waals surface area contributed by atoms with Crippen molar-refractivity contribution in [3.8, 4) is 5.75 Å². The molecule has 0 saturated carbocycles. The number of fused-ring (bicyclic) bond motifs is 1. The highest BCUT2D eigenvalue weighted by atomic mass is 16.5. The Hall–Kier alpha value is -3.19. The molecule has 0 unspecified atom stereocenters. The summed E-state index contributed by atoms with van der Waals surface area (Å²) in [5, 5.41) is 13.0. The lowest BCUT2D eigenvalue weighted by Crippen LogP contribution is -2.31. The van der Waals surface area contributed by atoms with Crippen LogP contribution in [0.1, 0.15) is 36.1 Å². The van der Waals surface area contributed by atoms with Crippen molar-refractivity contribution in [1.82, 2.24) is 14.9 Å². The zero-order valence-electron chi connectivity index (χ0n) is 16.8. The lowest BCUT2D eigenvalue weighted by molar-refractivity contribution is -0.124. The highest BCUT2D eigenvalue weighted by Gasteiger charge is 2.17. The van der Waals surface area contributed by atoms with Gasteiger partial charge in [0.1, 0.15) is 5.75 Å². The molecule has 0 fully saturated rings. The number of carbonyl (C=O) groups excluding carboxylic acids is 2. The third-order valence-electron chi connectivity index (χ3n) is 4.64. The number of aryl methyl sites for hydroxylation is 1. The number of aromatic nitrogens is 2. The topological polar surface area (TPSA) is 93.4 Å². The molecule has 1 amide bonds. The molecule has 7 nitrogen and oxygen atoms in total.